The second-order valence-electron chi connectivity index (χ2n) is 4.54. The van der Waals surface area contributed by atoms with E-state index in [1.54, 1.807) is 0 Å². The lowest BCUT2D eigenvalue weighted by atomic mass is 10.1. The van der Waals surface area contributed by atoms with Gasteiger partial charge in [0.25, 0.3) is 0 Å². The summed E-state index contributed by atoms with van der Waals surface area (Å²) in [5.74, 6) is -0.246. The number of rotatable bonds is 2. The number of benzene rings is 2. The zero-order valence-electron chi connectivity index (χ0n) is 10.8. The summed E-state index contributed by atoms with van der Waals surface area (Å²) >= 11 is 4.45. The molecule has 2 nitrogen and oxygen atoms in total. The minimum absolute atomic E-state index is 0.0436. The van der Waals surface area contributed by atoms with Gasteiger partial charge in [0, 0.05) is 11.8 Å². The summed E-state index contributed by atoms with van der Waals surface area (Å²) in [5.41, 5.74) is 1.21. The van der Waals surface area contributed by atoms with Gasteiger partial charge in [-0.25, -0.2) is 8.78 Å². The molecule has 0 bridgehead atoms. The van der Waals surface area contributed by atoms with Crippen molar-refractivity contribution in [2.24, 2.45) is 4.99 Å². The number of amidine groups is 1. The summed E-state index contributed by atoms with van der Waals surface area (Å²) in [6.07, 6.45) is 0. The molecule has 21 heavy (non-hydrogen) atoms. The number of thioether (sulfide) groups is 1. The SMILES string of the molecule is Fc1cc(NC2=NC(c3ccccc3)CS2)c(F)cc1Br. The van der Waals surface area contributed by atoms with Crippen LogP contribution in [0, 0.1) is 11.6 Å². The van der Waals surface area contributed by atoms with E-state index in [0.717, 1.165) is 23.4 Å². The maximum absolute atomic E-state index is 13.8. The predicted octanol–water partition coefficient (Wildman–Crippen LogP) is 4.98. The second-order valence-corrected chi connectivity index (χ2v) is 6.41. The van der Waals surface area contributed by atoms with Crippen molar-refractivity contribution in [3.63, 3.8) is 0 Å². The average Bonchev–Trinajstić information content (AvgIpc) is 2.94. The maximum Gasteiger partial charge on any atom is 0.161 e. The minimum Gasteiger partial charge on any atom is -0.332 e. The van der Waals surface area contributed by atoms with Gasteiger partial charge in [-0.1, -0.05) is 42.1 Å². The molecule has 2 aromatic rings. The first kappa shape index (κ1) is 14.5. The third-order valence-corrected chi connectivity index (χ3v) is 4.66. The molecule has 0 amide bonds. The van der Waals surface area contributed by atoms with Crippen molar-refractivity contribution >= 4 is 38.5 Å². The van der Waals surface area contributed by atoms with Crippen molar-refractivity contribution in [1.82, 2.24) is 0 Å². The molecule has 3 rings (SSSR count). The molecule has 2 aromatic carbocycles. The van der Waals surface area contributed by atoms with Crippen LogP contribution >= 0.6 is 27.7 Å². The molecule has 0 saturated carbocycles. The van der Waals surface area contributed by atoms with E-state index in [1.807, 2.05) is 30.3 Å². The van der Waals surface area contributed by atoms with Gasteiger partial charge >= 0.3 is 0 Å². The van der Waals surface area contributed by atoms with Crippen LogP contribution < -0.4 is 5.32 Å². The summed E-state index contributed by atoms with van der Waals surface area (Å²) < 4.78 is 27.4. The Hall–Kier alpha value is -1.40. The first-order valence-corrected chi connectivity index (χ1v) is 8.08. The van der Waals surface area contributed by atoms with Gasteiger partial charge in [0.05, 0.1) is 16.2 Å². The Morgan fingerprint density at radius 2 is 1.90 bits per heavy atom. The number of nitrogens with zero attached hydrogens (tertiary/aromatic N) is 1. The van der Waals surface area contributed by atoms with E-state index in [0.29, 0.717) is 5.17 Å². The van der Waals surface area contributed by atoms with Crippen molar-refractivity contribution in [3.8, 4) is 0 Å². The Kier molecular flexibility index (Phi) is 4.26. The van der Waals surface area contributed by atoms with E-state index in [-0.39, 0.29) is 16.2 Å². The third kappa shape index (κ3) is 3.27. The Labute approximate surface area is 133 Å². The molecule has 1 aliphatic heterocycles. The van der Waals surface area contributed by atoms with E-state index in [2.05, 4.69) is 26.2 Å². The first-order valence-electron chi connectivity index (χ1n) is 6.30. The van der Waals surface area contributed by atoms with Gasteiger partial charge < -0.3 is 5.32 Å². The molecule has 108 valence electrons. The van der Waals surface area contributed by atoms with Crippen molar-refractivity contribution in [1.29, 1.82) is 0 Å². The molecule has 0 aliphatic carbocycles. The smallest absolute Gasteiger partial charge is 0.161 e. The lowest BCUT2D eigenvalue weighted by molar-refractivity contribution is 0.598. The van der Waals surface area contributed by atoms with Crippen LogP contribution in [0.15, 0.2) is 51.9 Å². The summed E-state index contributed by atoms with van der Waals surface area (Å²) in [5, 5.41) is 3.46. The largest absolute Gasteiger partial charge is 0.332 e. The third-order valence-electron chi connectivity index (χ3n) is 3.09. The Morgan fingerprint density at radius 1 is 1.14 bits per heavy atom. The summed E-state index contributed by atoms with van der Waals surface area (Å²) in [7, 11) is 0. The van der Waals surface area contributed by atoms with E-state index < -0.39 is 11.6 Å². The fourth-order valence-corrected chi connectivity index (χ4v) is 3.30. The van der Waals surface area contributed by atoms with Crippen LogP contribution in [0.5, 0.6) is 0 Å². The van der Waals surface area contributed by atoms with Crippen LogP contribution in [0.25, 0.3) is 0 Å². The number of halogens is 3. The normalized spacial score (nSPS) is 17.7. The Bertz CT molecular complexity index is 692. The number of anilines is 1. The molecular formula is C15H11BrF2N2S. The van der Waals surface area contributed by atoms with E-state index in [4.69, 9.17) is 0 Å². The zero-order chi connectivity index (χ0) is 14.8. The van der Waals surface area contributed by atoms with Gasteiger partial charge in [-0.15, -0.1) is 0 Å². The zero-order valence-corrected chi connectivity index (χ0v) is 13.2. The van der Waals surface area contributed by atoms with Crippen molar-refractivity contribution in [3.05, 3.63) is 64.1 Å². The monoisotopic (exact) mass is 368 g/mol. The van der Waals surface area contributed by atoms with E-state index in [9.17, 15) is 8.78 Å². The number of nitrogens with one attached hydrogen (secondary N) is 1. The van der Waals surface area contributed by atoms with E-state index in [1.165, 1.54) is 11.8 Å². The van der Waals surface area contributed by atoms with Gasteiger partial charge in [-0.2, -0.15) is 0 Å². The molecular weight excluding hydrogens is 358 g/mol. The quantitative estimate of drug-likeness (QED) is 0.755. The number of hydrogen-bond donors (Lipinski definition) is 1. The number of hydrogen-bond acceptors (Lipinski definition) is 3. The highest BCUT2D eigenvalue weighted by Gasteiger charge is 2.21. The fourth-order valence-electron chi connectivity index (χ4n) is 2.02. The standard InChI is InChI=1S/C15H11BrF2N2S/c16-10-6-12(18)13(7-11(10)17)19-15-20-14(8-21-15)9-4-2-1-3-5-9/h1-7,14H,8H2,(H,19,20). The van der Waals surface area contributed by atoms with Gasteiger partial charge in [-0.3, -0.25) is 4.99 Å². The van der Waals surface area contributed by atoms with Crippen LogP contribution in [-0.2, 0) is 0 Å². The first-order chi connectivity index (χ1) is 10.1. The van der Waals surface area contributed by atoms with Crippen LogP contribution in [0.1, 0.15) is 11.6 Å². The predicted molar refractivity (Wildman–Crippen MR) is 86.8 cm³/mol. The molecule has 1 unspecified atom stereocenters. The fraction of sp³-hybridized carbons (Fsp3) is 0.133. The molecule has 1 N–H and O–H groups in total. The highest BCUT2D eigenvalue weighted by atomic mass is 79.9. The highest BCUT2D eigenvalue weighted by Crippen LogP contribution is 2.32. The topological polar surface area (TPSA) is 24.4 Å². The Balaban J connectivity index is 1.79. The summed E-state index contributed by atoms with van der Waals surface area (Å²) in [6.45, 7) is 0. The highest BCUT2D eigenvalue weighted by molar-refractivity contribution is 9.10. The van der Waals surface area contributed by atoms with Gasteiger partial charge in [-0.05, 0) is 27.6 Å². The lowest BCUT2D eigenvalue weighted by Crippen LogP contribution is -2.07. The van der Waals surface area contributed by atoms with Crippen molar-refractivity contribution in [2.75, 3.05) is 11.1 Å². The molecule has 1 atom stereocenters. The number of aliphatic imine (C=N–C) groups is 1. The average molecular weight is 369 g/mol. The second kappa shape index (κ2) is 6.15. The van der Waals surface area contributed by atoms with Crippen LogP contribution in [-0.4, -0.2) is 10.9 Å². The molecule has 0 radical (unpaired) electrons. The molecule has 1 heterocycles. The van der Waals surface area contributed by atoms with Crippen molar-refractivity contribution < 1.29 is 8.78 Å². The van der Waals surface area contributed by atoms with Crippen LogP contribution in [0.2, 0.25) is 0 Å². The van der Waals surface area contributed by atoms with Crippen LogP contribution in [0.3, 0.4) is 0 Å². The minimum atomic E-state index is -0.519. The molecule has 0 spiro atoms. The maximum atomic E-state index is 13.8. The van der Waals surface area contributed by atoms with E-state index >= 15 is 0 Å². The van der Waals surface area contributed by atoms with Crippen LogP contribution in [0.4, 0.5) is 14.5 Å². The lowest BCUT2D eigenvalue weighted by Gasteiger charge is -2.07. The van der Waals surface area contributed by atoms with Gasteiger partial charge in [0.15, 0.2) is 5.17 Å². The Morgan fingerprint density at radius 3 is 2.67 bits per heavy atom. The molecule has 0 saturated heterocycles. The van der Waals surface area contributed by atoms with Gasteiger partial charge in [0.1, 0.15) is 11.6 Å². The molecule has 6 heteroatoms. The molecule has 1 aliphatic rings. The molecule has 0 fully saturated rings. The van der Waals surface area contributed by atoms with Crippen molar-refractivity contribution in [2.45, 2.75) is 6.04 Å². The molecule has 0 aromatic heterocycles. The summed E-state index contributed by atoms with van der Waals surface area (Å²) in [4.78, 5) is 4.51. The summed E-state index contributed by atoms with van der Waals surface area (Å²) in [6, 6.07) is 12.2. The van der Waals surface area contributed by atoms with Gasteiger partial charge in [0.2, 0.25) is 0 Å².